The smallest absolute Gasteiger partial charge is 0.336 e. The molecule has 2 heterocycles. The van der Waals surface area contributed by atoms with Crippen LogP contribution in [0.15, 0.2) is 40.5 Å². The fraction of sp³-hybridized carbons (Fsp3) is 0.560. The Hall–Kier alpha value is -2.27. The summed E-state index contributed by atoms with van der Waals surface area (Å²) in [4.78, 5) is 31.3. The van der Waals surface area contributed by atoms with Crippen LogP contribution in [0.1, 0.15) is 63.5 Å². The number of allylic oxidation sites excluding steroid dienone is 1. The Morgan fingerprint density at radius 2 is 2.03 bits per heavy atom. The lowest BCUT2D eigenvalue weighted by atomic mass is 9.63. The Kier molecular flexibility index (Phi) is 5.67. The molecule has 1 aromatic rings. The average molecular weight is 410 g/mol. The lowest BCUT2D eigenvalue weighted by Crippen LogP contribution is -2.44. The first-order valence-electron chi connectivity index (χ1n) is 10.9. The van der Waals surface area contributed by atoms with Crippen molar-refractivity contribution in [2.45, 2.75) is 65.4 Å². The second kappa shape index (κ2) is 8.10. The number of ether oxygens (including phenoxy) is 2. The standard InChI is InChI=1S/C25H31NO4/c1-15-7-5-8-17(11-15)22-21(24(28)30-14-18-9-6-10-29-18)16(2)26-19-12-25(3,4)13-20(27)23(19)22/h5,7-8,11,18,22-23H,6,9-10,12-14H2,1-4H3/t18-,22+,23?/m0/s1. The van der Waals surface area contributed by atoms with Crippen molar-refractivity contribution in [1.29, 1.82) is 0 Å². The Labute approximate surface area is 178 Å². The van der Waals surface area contributed by atoms with E-state index in [-0.39, 0.29) is 35.8 Å². The molecule has 1 saturated carbocycles. The minimum Gasteiger partial charge on any atom is -0.460 e. The molecule has 4 rings (SSSR count). The zero-order valence-electron chi connectivity index (χ0n) is 18.4. The second-order valence-corrected chi connectivity index (χ2v) is 9.69. The normalized spacial score (nSPS) is 28.2. The van der Waals surface area contributed by atoms with E-state index >= 15 is 0 Å². The van der Waals surface area contributed by atoms with Gasteiger partial charge in [-0.05, 0) is 44.1 Å². The first-order valence-corrected chi connectivity index (χ1v) is 10.9. The van der Waals surface area contributed by atoms with Gasteiger partial charge in [0, 0.05) is 30.4 Å². The number of fused-ring (bicyclic) bond motifs is 1. The van der Waals surface area contributed by atoms with E-state index in [1.807, 2.05) is 32.0 Å². The zero-order chi connectivity index (χ0) is 21.5. The van der Waals surface area contributed by atoms with Gasteiger partial charge in [-0.15, -0.1) is 0 Å². The van der Waals surface area contributed by atoms with Crippen LogP contribution in [-0.4, -0.2) is 36.8 Å². The SMILES string of the molecule is CC1=C(C(=O)OC[C@@H]2CCCO2)[C@@H](c2cccc(C)c2)C2C(=O)CC(C)(C)CC2=N1. The van der Waals surface area contributed by atoms with Crippen LogP contribution in [0.2, 0.25) is 0 Å². The fourth-order valence-corrected chi connectivity index (χ4v) is 5.10. The topological polar surface area (TPSA) is 65.0 Å². The summed E-state index contributed by atoms with van der Waals surface area (Å²) >= 11 is 0. The molecule has 160 valence electrons. The third-order valence-corrected chi connectivity index (χ3v) is 6.41. The lowest BCUT2D eigenvalue weighted by Gasteiger charge is -2.41. The minimum atomic E-state index is -0.395. The number of carbonyl (C=O) groups excluding carboxylic acids is 2. The summed E-state index contributed by atoms with van der Waals surface area (Å²) in [7, 11) is 0. The Balaban J connectivity index is 1.72. The van der Waals surface area contributed by atoms with Gasteiger partial charge in [0.15, 0.2) is 0 Å². The van der Waals surface area contributed by atoms with E-state index in [0.717, 1.165) is 42.7 Å². The van der Waals surface area contributed by atoms with E-state index in [1.54, 1.807) is 0 Å². The number of ketones is 1. The van der Waals surface area contributed by atoms with Crippen molar-refractivity contribution in [2.24, 2.45) is 16.3 Å². The van der Waals surface area contributed by atoms with Crippen molar-refractivity contribution in [1.82, 2.24) is 0 Å². The fourth-order valence-electron chi connectivity index (χ4n) is 5.10. The first-order chi connectivity index (χ1) is 14.2. The van der Waals surface area contributed by atoms with Crippen LogP contribution in [0, 0.1) is 18.3 Å². The molecule has 0 N–H and O–H groups in total. The van der Waals surface area contributed by atoms with Crippen LogP contribution in [0.25, 0.3) is 0 Å². The van der Waals surface area contributed by atoms with E-state index in [2.05, 4.69) is 19.9 Å². The first kappa shape index (κ1) is 21.0. The maximum atomic E-state index is 13.3. The molecule has 1 aromatic carbocycles. The molecule has 3 aliphatic rings. The summed E-state index contributed by atoms with van der Waals surface area (Å²) in [5.74, 6) is -0.963. The highest BCUT2D eigenvalue weighted by Crippen LogP contribution is 2.47. The number of carbonyl (C=O) groups is 2. The van der Waals surface area contributed by atoms with E-state index < -0.39 is 5.92 Å². The molecule has 0 aromatic heterocycles. The van der Waals surface area contributed by atoms with Gasteiger partial charge in [-0.1, -0.05) is 43.7 Å². The van der Waals surface area contributed by atoms with Crippen LogP contribution in [0.5, 0.6) is 0 Å². The molecule has 5 heteroatoms. The van der Waals surface area contributed by atoms with Gasteiger partial charge < -0.3 is 9.47 Å². The van der Waals surface area contributed by atoms with Gasteiger partial charge in [0.2, 0.25) is 0 Å². The maximum Gasteiger partial charge on any atom is 0.336 e. The van der Waals surface area contributed by atoms with E-state index in [0.29, 0.717) is 17.7 Å². The van der Waals surface area contributed by atoms with Crippen molar-refractivity contribution >= 4 is 17.5 Å². The molecule has 0 spiro atoms. The number of Topliss-reactive ketones (excluding diaryl/α,β-unsaturated/α-hetero) is 1. The van der Waals surface area contributed by atoms with Crippen molar-refractivity contribution in [3.05, 3.63) is 46.7 Å². The largest absolute Gasteiger partial charge is 0.460 e. The third-order valence-electron chi connectivity index (χ3n) is 6.41. The Morgan fingerprint density at radius 3 is 2.73 bits per heavy atom. The summed E-state index contributed by atoms with van der Waals surface area (Å²) in [6.45, 7) is 9.07. The molecule has 1 unspecified atom stereocenters. The van der Waals surface area contributed by atoms with Gasteiger partial charge in [-0.25, -0.2) is 4.79 Å². The van der Waals surface area contributed by atoms with E-state index in [9.17, 15) is 9.59 Å². The highest BCUT2D eigenvalue weighted by Gasteiger charge is 2.47. The van der Waals surface area contributed by atoms with Crippen LogP contribution < -0.4 is 0 Å². The number of aliphatic imine (C=N–C) groups is 1. The quantitative estimate of drug-likeness (QED) is 0.685. The molecule has 2 fully saturated rings. The summed E-state index contributed by atoms with van der Waals surface area (Å²) in [6, 6.07) is 8.09. The van der Waals surface area contributed by atoms with Crippen molar-refractivity contribution in [3.8, 4) is 0 Å². The van der Waals surface area contributed by atoms with Crippen LogP contribution in [-0.2, 0) is 19.1 Å². The zero-order valence-corrected chi connectivity index (χ0v) is 18.4. The average Bonchev–Trinajstić information content (AvgIpc) is 3.17. The number of esters is 1. The van der Waals surface area contributed by atoms with Gasteiger partial charge in [-0.2, -0.15) is 0 Å². The van der Waals surface area contributed by atoms with Crippen LogP contribution in [0.3, 0.4) is 0 Å². The van der Waals surface area contributed by atoms with Gasteiger partial charge in [-0.3, -0.25) is 9.79 Å². The van der Waals surface area contributed by atoms with Crippen molar-refractivity contribution in [3.63, 3.8) is 0 Å². The van der Waals surface area contributed by atoms with Gasteiger partial charge >= 0.3 is 5.97 Å². The molecule has 0 bridgehead atoms. The number of rotatable bonds is 4. The number of benzene rings is 1. The number of hydrogen-bond acceptors (Lipinski definition) is 5. The summed E-state index contributed by atoms with van der Waals surface area (Å²) < 4.78 is 11.3. The lowest BCUT2D eigenvalue weighted by molar-refractivity contribution is -0.142. The molecule has 3 atom stereocenters. The van der Waals surface area contributed by atoms with Gasteiger partial charge in [0.1, 0.15) is 12.4 Å². The molecule has 5 nitrogen and oxygen atoms in total. The van der Waals surface area contributed by atoms with Crippen LogP contribution >= 0.6 is 0 Å². The molecule has 2 aliphatic heterocycles. The highest BCUT2D eigenvalue weighted by molar-refractivity contribution is 6.12. The number of aryl methyl sites for hydroxylation is 1. The van der Waals surface area contributed by atoms with Gasteiger partial charge in [0.05, 0.1) is 17.6 Å². The molecular weight excluding hydrogens is 378 g/mol. The third kappa shape index (κ3) is 4.13. The van der Waals surface area contributed by atoms with Crippen LogP contribution in [0.4, 0.5) is 0 Å². The molecule has 1 aliphatic carbocycles. The summed E-state index contributed by atoms with van der Waals surface area (Å²) in [5.41, 5.74) is 4.04. The predicted molar refractivity (Wildman–Crippen MR) is 116 cm³/mol. The summed E-state index contributed by atoms with van der Waals surface area (Å²) in [5, 5.41) is 0. The Bertz CT molecular complexity index is 921. The molecule has 0 radical (unpaired) electrons. The number of hydrogen-bond donors (Lipinski definition) is 0. The van der Waals surface area contributed by atoms with E-state index in [1.165, 1.54) is 0 Å². The van der Waals surface area contributed by atoms with Crippen molar-refractivity contribution < 1.29 is 19.1 Å². The highest BCUT2D eigenvalue weighted by atomic mass is 16.6. The predicted octanol–water partition coefficient (Wildman–Crippen LogP) is 4.53. The maximum absolute atomic E-state index is 13.3. The second-order valence-electron chi connectivity index (χ2n) is 9.69. The summed E-state index contributed by atoms with van der Waals surface area (Å²) in [6.07, 6.45) is 3.13. The van der Waals surface area contributed by atoms with E-state index in [4.69, 9.17) is 14.5 Å². The molecule has 0 amide bonds. The molecule has 30 heavy (non-hydrogen) atoms. The molecule has 1 saturated heterocycles. The van der Waals surface area contributed by atoms with Crippen molar-refractivity contribution in [2.75, 3.05) is 13.2 Å². The Morgan fingerprint density at radius 1 is 1.23 bits per heavy atom. The molecular formula is C25H31NO4. The minimum absolute atomic E-state index is 0.0351. The van der Waals surface area contributed by atoms with Gasteiger partial charge in [0.25, 0.3) is 0 Å². The monoisotopic (exact) mass is 409 g/mol. The number of nitrogens with zero attached hydrogens (tertiary/aromatic N) is 1.